The van der Waals surface area contributed by atoms with E-state index in [-0.39, 0.29) is 6.42 Å². The standard InChI is InChI=1S/C16H15FO6/c1-16(2)22-14(19)12(15(20)23-16)13(18)11-5-3-8-7-9(17)4-6-10(8)21-11/h4,6-7,11-12H,3,5H2,1-2H3/t11-/m0/s1. The van der Waals surface area contributed by atoms with Crippen LogP contribution < -0.4 is 4.74 Å². The summed E-state index contributed by atoms with van der Waals surface area (Å²) in [6.07, 6.45) is -0.319. The summed E-state index contributed by atoms with van der Waals surface area (Å²) in [5.41, 5.74) is 0.643. The third-order valence-corrected chi connectivity index (χ3v) is 3.73. The van der Waals surface area contributed by atoms with Crippen LogP contribution in [-0.2, 0) is 30.3 Å². The Bertz CT molecular complexity index is 676. The molecule has 1 saturated heterocycles. The minimum Gasteiger partial charge on any atom is -0.482 e. The van der Waals surface area contributed by atoms with E-state index in [2.05, 4.69) is 0 Å². The first-order valence-electron chi connectivity index (χ1n) is 7.21. The van der Waals surface area contributed by atoms with E-state index in [1.807, 2.05) is 0 Å². The van der Waals surface area contributed by atoms with Crippen LogP contribution in [-0.4, -0.2) is 29.6 Å². The van der Waals surface area contributed by atoms with Crippen molar-refractivity contribution in [3.05, 3.63) is 29.6 Å². The third-order valence-electron chi connectivity index (χ3n) is 3.73. The number of halogens is 1. The summed E-state index contributed by atoms with van der Waals surface area (Å²) in [5, 5.41) is 0. The van der Waals surface area contributed by atoms with E-state index in [9.17, 15) is 18.8 Å². The third kappa shape index (κ3) is 2.91. The van der Waals surface area contributed by atoms with Crippen molar-refractivity contribution in [2.24, 2.45) is 5.92 Å². The molecule has 0 unspecified atom stereocenters. The Balaban J connectivity index is 1.78. The molecule has 2 heterocycles. The molecule has 3 rings (SSSR count). The lowest BCUT2D eigenvalue weighted by Gasteiger charge is -2.34. The van der Waals surface area contributed by atoms with Crippen LogP contribution in [0.3, 0.4) is 0 Å². The number of hydrogen-bond donors (Lipinski definition) is 0. The highest BCUT2D eigenvalue weighted by Crippen LogP contribution is 2.31. The van der Waals surface area contributed by atoms with Gasteiger partial charge in [-0.05, 0) is 36.6 Å². The number of benzene rings is 1. The van der Waals surface area contributed by atoms with Gasteiger partial charge in [-0.25, -0.2) is 4.39 Å². The minimum absolute atomic E-state index is 0.246. The Kier molecular flexibility index (Phi) is 3.58. The van der Waals surface area contributed by atoms with Gasteiger partial charge < -0.3 is 14.2 Å². The van der Waals surface area contributed by atoms with Gasteiger partial charge >= 0.3 is 11.9 Å². The summed E-state index contributed by atoms with van der Waals surface area (Å²) in [6, 6.07) is 3.98. The first-order valence-corrected chi connectivity index (χ1v) is 7.21. The highest BCUT2D eigenvalue weighted by molar-refractivity contribution is 6.17. The summed E-state index contributed by atoms with van der Waals surface area (Å²) in [7, 11) is 0. The van der Waals surface area contributed by atoms with Crippen molar-refractivity contribution in [3.63, 3.8) is 0 Å². The molecule has 6 nitrogen and oxygen atoms in total. The number of carbonyl (C=O) groups excluding carboxylic acids is 3. The predicted molar refractivity (Wildman–Crippen MR) is 73.9 cm³/mol. The van der Waals surface area contributed by atoms with Crippen molar-refractivity contribution in [1.82, 2.24) is 0 Å². The molecule has 0 spiro atoms. The number of ether oxygens (including phenoxy) is 3. The van der Waals surface area contributed by atoms with Crippen LogP contribution in [0.15, 0.2) is 18.2 Å². The van der Waals surface area contributed by atoms with Gasteiger partial charge in [-0.15, -0.1) is 0 Å². The van der Waals surface area contributed by atoms with Crippen LogP contribution in [0.4, 0.5) is 4.39 Å². The van der Waals surface area contributed by atoms with Crippen LogP contribution in [0.25, 0.3) is 0 Å². The van der Waals surface area contributed by atoms with Gasteiger partial charge in [-0.2, -0.15) is 0 Å². The van der Waals surface area contributed by atoms with Crippen molar-refractivity contribution in [2.75, 3.05) is 0 Å². The Morgan fingerprint density at radius 2 is 1.87 bits per heavy atom. The number of hydrogen-bond acceptors (Lipinski definition) is 6. The average molecular weight is 322 g/mol. The van der Waals surface area contributed by atoms with Crippen LogP contribution in [0.1, 0.15) is 25.8 Å². The average Bonchev–Trinajstić information content (AvgIpc) is 2.44. The van der Waals surface area contributed by atoms with Crippen molar-refractivity contribution in [2.45, 2.75) is 38.6 Å². The molecule has 1 atom stereocenters. The number of rotatable bonds is 2. The number of aryl methyl sites for hydroxylation is 1. The molecule has 0 N–H and O–H groups in total. The summed E-state index contributed by atoms with van der Waals surface area (Å²) in [5.74, 6) is -5.63. The maximum atomic E-state index is 13.2. The Labute approximate surface area is 131 Å². The van der Waals surface area contributed by atoms with Crippen molar-refractivity contribution in [1.29, 1.82) is 0 Å². The van der Waals surface area contributed by atoms with E-state index in [1.54, 1.807) is 0 Å². The lowest BCUT2D eigenvalue weighted by Crippen LogP contribution is -2.52. The summed E-state index contributed by atoms with van der Waals surface area (Å²) < 4.78 is 28.6. The molecule has 2 aliphatic heterocycles. The van der Waals surface area contributed by atoms with Gasteiger partial charge in [-0.3, -0.25) is 14.4 Å². The highest BCUT2D eigenvalue weighted by Gasteiger charge is 2.49. The van der Waals surface area contributed by atoms with Crippen LogP contribution in [0, 0.1) is 11.7 Å². The highest BCUT2D eigenvalue weighted by atomic mass is 19.1. The molecule has 7 heteroatoms. The van der Waals surface area contributed by atoms with Gasteiger partial charge in [0.2, 0.25) is 5.92 Å². The van der Waals surface area contributed by atoms with E-state index < -0.39 is 41.3 Å². The Hall–Kier alpha value is -2.44. The van der Waals surface area contributed by atoms with Crippen LogP contribution in [0.2, 0.25) is 0 Å². The SMILES string of the molecule is CC1(C)OC(=O)C(C(=O)[C@@H]2CCc3cc(F)ccc3O2)C(=O)O1. The zero-order valence-corrected chi connectivity index (χ0v) is 12.6. The largest absolute Gasteiger partial charge is 0.482 e. The zero-order chi connectivity index (χ0) is 16.8. The number of Topliss-reactive ketones (excluding diaryl/α,β-unsaturated/α-hetero) is 1. The normalized spacial score (nSPS) is 23.3. The molecule has 0 bridgehead atoms. The second-order valence-corrected chi connectivity index (χ2v) is 5.97. The van der Waals surface area contributed by atoms with Gasteiger partial charge in [0.15, 0.2) is 11.9 Å². The fraction of sp³-hybridized carbons (Fsp3) is 0.438. The zero-order valence-electron chi connectivity index (χ0n) is 12.6. The van der Waals surface area contributed by atoms with Crippen molar-refractivity contribution in [3.8, 4) is 5.75 Å². The van der Waals surface area contributed by atoms with Gasteiger partial charge in [0.1, 0.15) is 11.6 Å². The van der Waals surface area contributed by atoms with Gasteiger partial charge in [0.25, 0.3) is 5.79 Å². The monoisotopic (exact) mass is 322 g/mol. The molecule has 0 radical (unpaired) electrons. The smallest absolute Gasteiger partial charge is 0.331 e. The van der Waals surface area contributed by atoms with E-state index >= 15 is 0 Å². The molecule has 2 aliphatic rings. The molecule has 0 aliphatic carbocycles. The fourth-order valence-electron chi connectivity index (χ4n) is 2.70. The molecule has 122 valence electrons. The van der Waals surface area contributed by atoms with E-state index in [0.29, 0.717) is 17.7 Å². The first-order chi connectivity index (χ1) is 10.8. The summed E-state index contributed by atoms with van der Waals surface area (Å²) in [4.78, 5) is 36.4. The fourth-order valence-corrected chi connectivity index (χ4v) is 2.70. The van der Waals surface area contributed by atoms with Crippen LogP contribution in [0.5, 0.6) is 5.75 Å². The molecule has 1 fully saturated rings. The maximum Gasteiger partial charge on any atom is 0.331 e. The Morgan fingerprint density at radius 3 is 2.52 bits per heavy atom. The number of carbonyl (C=O) groups is 3. The van der Waals surface area contributed by atoms with E-state index in [4.69, 9.17) is 14.2 Å². The second-order valence-electron chi connectivity index (χ2n) is 5.97. The van der Waals surface area contributed by atoms with Gasteiger partial charge in [0.05, 0.1) is 0 Å². The molecule has 0 saturated carbocycles. The number of esters is 2. The molecule has 1 aromatic rings. The van der Waals surface area contributed by atoms with E-state index in [1.165, 1.54) is 32.0 Å². The summed E-state index contributed by atoms with van der Waals surface area (Å²) in [6.45, 7) is 2.82. The van der Waals surface area contributed by atoms with Crippen molar-refractivity contribution < 1.29 is 33.0 Å². The molecule has 0 aromatic heterocycles. The number of ketones is 1. The lowest BCUT2D eigenvalue weighted by molar-refractivity contribution is -0.238. The quantitative estimate of drug-likeness (QED) is 0.607. The summed E-state index contributed by atoms with van der Waals surface area (Å²) >= 11 is 0. The number of cyclic esters (lactones) is 2. The molecule has 0 amide bonds. The lowest BCUT2D eigenvalue weighted by atomic mass is 9.92. The molecular weight excluding hydrogens is 307 g/mol. The Morgan fingerprint density at radius 1 is 1.22 bits per heavy atom. The van der Waals surface area contributed by atoms with Crippen LogP contribution >= 0.6 is 0 Å². The van der Waals surface area contributed by atoms with E-state index in [0.717, 1.165) is 0 Å². The van der Waals surface area contributed by atoms with Gasteiger partial charge in [-0.1, -0.05) is 0 Å². The first kappa shape index (κ1) is 15.5. The maximum absolute atomic E-state index is 13.2. The van der Waals surface area contributed by atoms with Gasteiger partial charge in [0, 0.05) is 13.8 Å². The second kappa shape index (κ2) is 5.33. The number of fused-ring (bicyclic) bond motifs is 1. The molecule has 1 aromatic carbocycles. The molecule has 23 heavy (non-hydrogen) atoms. The minimum atomic E-state index is -1.64. The predicted octanol–water partition coefficient (Wildman–Crippen LogP) is 1.54. The topological polar surface area (TPSA) is 78.9 Å². The molecular formula is C16H15FO6. The van der Waals surface area contributed by atoms with Crippen molar-refractivity contribution >= 4 is 17.7 Å².